The number of rotatable bonds is 5. The van der Waals surface area contributed by atoms with Crippen molar-refractivity contribution in [2.45, 2.75) is 24.5 Å². The Morgan fingerprint density at radius 3 is 2.77 bits per heavy atom. The number of nitrogen functional groups attached to an aromatic ring is 1. The highest BCUT2D eigenvalue weighted by Gasteiger charge is 2.45. The molecule has 0 bridgehead atoms. The van der Waals surface area contributed by atoms with Gasteiger partial charge < -0.3 is 30.3 Å². The van der Waals surface area contributed by atoms with Crippen LogP contribution in [0.3, 0.4) is 0 Å². The zero-order valence-corrected chi connectivity index (χ0v) is 13.7. The van der Waals surface area contributed by atoms with Gasteiger partial charge in [0.2, 0.25) is 0 Å². The van der Waals surface area contributed by atoms with Crippen molar-refractivity contribution < 1.29 is 43.4 Å². The van der Waals surface area contributed by atoms with Crippen molar-refractivity contribution in [2.75, 3.05) is 12.3 Å². The first-order valence-corrected chi connectivity index (χ1v) is 8.53. The molecule has 1 saturated heterocycles. The molecule has 2 aromatic heterocycles. The zero-order chi connectivity index (χ0) is 19.1. The Hall–Kier alpha value is -2.35. The van der Waals surface area contributed by atoms with Crippen molar-refractivity contribution in [3.8, 4) is 0 Å². The Bertz CT molecular complexity index is 875. The third kappa shape index (κ3) is 3.46. The topological polar surface area (TPSA) is 212 Å². The van der Waals surface area contributed by atoms with Gasteiger partial charge in [-0.1, -0.05) is 0 Å². The number of aromatic nitrogens is 4. The van der Waals surface area contributed by atoms with Crippen LogP contribution in [0.5, 0.6) is 0 Å². The van der Waals surface area contributed by atoms with Gasteiger partial charge in [0, 0.05) is 0 Å². The first-order chi connectivity index (χ1) is 12.2. The molecule has 1 aliphatic rings. The number of phosphoric acid groups is 1. The number of hydrogen-bond acceptors (Lipinski definition) is 11. The fraction of sp³-hybridized carbons (Fsp3) is 0.455. The number of hydrogen-bond donors (Lipinski definition) is 5. The van der Waals surface area contributed by atoms with Crippen LogP contribution in [0, 0.1) is 0 Å². The van der Waals surface area contributed by atoms with E-state index in [0.29, 0.717) is 0 Å². The smallest absolute Gasteiger partial charge is 0.449 e. The lowest BCUT2D eigenvalue weighted by molar-refractivity contribution is -0.0509. The Labute approximate surface area is 144 Å². The normalized spacial score (nSPS) is 28.1. The van der Waals surface area contributed by atoms with Gasteiger partial charge in [-0.25, -0.2) is 24.3 Å². The van der Waals surface area contributed by atoms with E-state index >= 15 is 0 Å². The van der Waals surface area contributed by atoms with Crippen LogP contribution < -0.4 is 5.73 Å². The third-order valence-corrected chi connectivity index (χ3v) is 4.46. The van der Waals surface area contributed by atoms with Crippen molar-refractivity contribution in [3.63, 3.8) is 0 Å². The molecule has 0 aromatic carbocycles. The zero-order valence-electron chi connectivity index (χ0n) is 12.8. The molecule has 3 heterocycles. The van der Waals surface area contributed by atoms with Crippen LogP contribution >= 0.6 is 7.82 Å². The van der Waals surface area contributed by atoms with Gasteiger partial charge in [0.15, 0.2) is 17.7 Å². The average Bonchev–Trinajstić information content (AvgIpc) is 3.08. The maximum atomic E-state index is 11.4. The summed E-state index contributed by atoms with van der Waals surface area (Å²) in [5.41, 5.74) is 6.16. The molecule has 6 N–H and O–H groups in total. The quantitative estimate of drug-likeness (QED) is 0.381. The molecule has 3 rings (SSSR count). The number of anilines is 1. The lowest BCUT2D eigenvalue weighted by Gasteiger charge is -2.16. The number of fused-ring (bicyclic) bond motifs is 1. The number of aliphatic hydroxyl groups excluding tert-OH is 2. The molecule has 14 nitrogen and oxygen atoms in total. The lowest BCUT2D eigenvalue weighted by Crippen LogP contribution is -2.33. The molecule has 142 valence electrons. The first-order valence-electron chi connectivity index (χ1n) is 7.04. The number of imidazole rings is 1. The Kier molecular flexibility index (Phi) is 4.79. The number of nitrogens with two attached hydrogens (primary N) is 1. The minimum absolute atomic E-state index is 0.105. The summed E-state index contributed by atoms with van der Waals surface area (Å²) in [4.78, 5) is 31.3. The van der Waals surface area contributed by atoms with Gasteiger partial charge in [-0.2, -0.15) is 0 Å². The maximum absolute atomic E-state index is 11.4. The fourth-order valence-electron chi connectivity index (χ4n) is 2.45. The molecule has 1 unspecified atom stereocenters. The van der Waals surface area contributed by atoms with Crippen LogP contribution in [-0.2, 0) is 18.3 Å². The molecule has 0 aliphatic carbocycles. The van der Waals surface area contributed by atoms with Crippen LogP contribution in [0.15, 0.2) is 12.7 Å². The van der Waals surface area contributed by atoms with Gasteiger partial charge in [-0.05, 0) is 0 Å². The molecule has 2 aromatic rings. The van der Waals surface area contributed by atoms with Crippen LogP contribution in [0.25, 0.3) is 11.2 Å². The van der Waals surface area contributed by atoms with Gasteiger partial charge in [-0.3, -0.25) is 14.0 Å². The number of carboxylic acid groups (broad SMARTS) is 1. The molecule has 0 saturated carbocycles. The van der Waals surface area contributed by atoms with E-state index in [-0.39, 0.29) is 17.0 Å². The van der Waals surface area contributed by atoms with Gasteiger partial charge in [0.25, 0.3) is 0 Å². The summed E-state index contributed by atoms with van der Waals surface area (Å²) < 4.78 is 26.3. The highest BCUT2D eigenvalue weighted by Crippen LogP contribution is 2.44. The largest absolute Gasteiger partial charge is 0.532 e. The summed E-state index contributed by atoms with van der Waals surface area (Å²) in [6.07, 6.45) is -4.95. The van der Waals surface area contributed by atoms with Crippen molar-refractivity contribution in [1.29, 1.82) is 0 Å². The maximum Gasteiger partial charge on any atom is 0.532 e. The Balaban J connectivity index is 1.76. The third-order valence-electron chi connectivity index (χ3n) is 3.59. The fourth-order valence-corrected chi connectivity index (χ4v) is 3.03. The molecule has 15 heteroatoms. The predicted molar refractivity (Wildman–Crippen MR) is 80.5 cm³/mol. The van der Waals surface area contributed by atoms with Crippen LogP contribution in [0.4, 0.5) is 10.6 Å². The minimum Gasteiger partial charge on any atom is -0.449 e. The van der Waals surface area contributed by atoms with Crippen molar-refractivity contribution in [3.05, 3.63) is 12.7 Å². The highest BCUT2D eigenvalue weighted by atomic mass is 31.2. The van der Waals surface area contributed by atoms with Crippen molar-refractivity contribution in [2.24, 2.45) is 0 Å². The molecule has 5 atom stereocenters. The lowest BCUT2D eigenvalue weighted by atomic mass is 10.1. The number of phosphoric ester groups is 1. The van der Waals surface area contributed by atoms with E-state index in [9.17, 15) is 24.5 Å². The number of nitrogens with zero attached hydrogens (tertiary/aromatic N) is 4. The van der Waals surface area contributed by atoms with Crippen LogP contribution in [0.1, 0.15) is 6.23 Å². The first kappa shape index (κ1) is 18.4. The van der Waals surface area contributed by atoms with E-state index in [1.54, 1.807) is 0 Å². The second-order valence-electron chi connectivity index (χ2n) is 5.25. The number of aliphatic hydroxyl groups is 2. The summed E-state index contributed by atoms with van der Waals surface area (Å²) >= 11 is 0. The molecule has 1 fully saturated rings. The van der Waals surface area contributed by atoms with Crippen LogP contribution in [-0.4, -0.2) is 70.8 Å². The minimum atomic E-state index is -4.90. The number of ether oxygens (including phenoxy) is 1. The SMILES string of the molecule is Nc1ncnc2c1ncn2[C@@H]1O[C@H](COP(=O)(O)OC(=O)O)[C@@H](O)[C@H]1O. The average molecular weight is 391 g/mol. The molecular weight excluding hydrogens is 377 g/mol. The molecule has 0 spiro atoms. The summed E-state index contributed by atoms with van der Waals surface area (Å²) in [5, 5.41) is 28.6. The van der Waals surface area contributed by atoms with E-state index in [2.05, 4.69) is 24.0 Å². The summed E-state index contributed by atoms with van der Waals surface area (Å²) in [6.45, 7) is -0.723. The van der Waals surface area contributed by atoms with Gasteiger partial charge in [0.05, 0.1) is 12.9 Å². The van der Waals surface area contributed by atoms with Gasteiger partial charge >= 0.3 is 14.0 Å². The van der Waals surface area contributed by atoms with Gasteiger partial charge in [-0.15, -0.1) is 0 Å². The standard InChI is InChI=1S/C11H14N5O9P/c12-8-5-9(14-2-13-8)16(3-15-5)10-7(18)6(17)4(24-10)1-23-26(21,22)25-11(19)20/h2-4,6-7,10,17-18H,1H2,(H,19,20)(H,21,22)(H2,12,13,14)/t4-,6-,7-,10-/m1/s1. The van der Waals surface area contributed by atoms with E-state index in [4.69, 9.17) is 15.6 Å². The molecule has 0 radical (unpaired) electrons. The summed E-state index contributed by atoms with van der Waals surface area (Å²) in [6, 6.07) is 0. The second-order valence-corrected chi connectivity index (χ2v) is 6.63. The number of carbonyl (C=O) groups is 1. The van der Waals surface area contributed by atoms with Gasteiger partial charge in [0.1, 0.15) is 30.2 Å². The predicted octanol–water partition coefficient (Wildman–Crippen LogP) is -1.16. The van der Waals surface area contributed by atoms with E-state index in [1.165, 1.54) is 17.2 Å². The van der Waals surface area contributed by atoms with E-state index < -0.39 is 45.1 Å². The molecular formula is C11H14N5O9P. The Morgan fingerprint density at radius 2 is 2.08 bits per heavy atom. The molecule has 0 amide bonds. The van der Waals surface area contributed by atoms with E-state index in [0.717, 1.165) is 0 Å². The summed E-state index contributed by atoms with van der Waals surface area (Å²) in [7, 11) is -4.90. The van der Waals surface area contributed by atoms with Crippen LogP contribution in [0.2, 0.25) is 0 Å². The summed E-state index contributed by atoms with van der Waals surface area (Å²) in [5.74, 6) is 0.105. The monoisotopic (exact) mass is 391 g/mol. The molecule has 26 heavy (non-hydrogen) atoms. The van der Waals surface area contributed by atoms with Crippen molar-refractivity contribution >= 4 is 31.0 Å². The van der Waals surface area contributed by atoms with E-state index in [1.807, 2.05) is 0 Å². The van der Waals surface area contributed by atoms with Crippen molar-refractivity contribution in [1.82, 2.24) is 19.5 Å². The second kappa shape index (κ2) is 6.75. The highest BCUT2D eigenvalue weighted by molar-refractivity contribution is 7.48. The Morgan fingerprint density at radius 1 is 1.35 bits per heavy atom. The molecule has 1 aliphatic heterocycles.